The van der Waals surface area contributed by atoms with Gasteiger partial charge in [-0.25, -0.2) is 0 Å². The van der Waals surface area contributed by atoms with Gasteiger partial charge in [0.25, 0.3) is 0 Å². The summed E-state index contributed by atoms with van der Waals surface area (Å²) in [6.45, 7) is 1.98. The first kappa shape index (κ1) is 14.8. The first-order valence-corrected chi connectivity index (χ1v) is 7.78. The van der Waals surface area contributed by atoms with Gasteiger partial charge in [-0.3, -0.25) is 4.79 Å². The second-order valence-corrected chi connectivity index (χ2v) is 6.46. The molecule has 0 spiro atoms. The molecule has 6 heteroatoms. The van der Waals surface area contributed by atoms with E-state index in [1.807, 2.05) is 18.4 Å². The number of carbonyl (C=O) groups is 1. The number of hydrogen-bond donors (Lipinski definition) is 3. The summed E-state index contributed by atoms with van der Waals surface area (Å²) in [4.78, 5) is 13.8. The van der Waals surface area contributed by atoms with E-state index in [-0.39, 0.29) is 17.8 Å². The minimum absolute atomic E-state index is 0.0325. The smallest absolute Gasteiger partial charge is 0.234 e. The van der Waals surface area contributed by atoms with Crippen molar-refractivity contribution in [3.8, 4) is 0 Å². The van der Waals surface area contributed by atoms with E-state index in [1.54, 1.807) is 11.3 Å². The minimum Gasteiger partial charge on any atom is -0.409 e. The third-order valence-corrected chi connectivity index (χ3v) is 4.85. The fourth-order valence-corrected chi connectivity index (χ4v) is 3.65. The van der Waals surface area contributed by atoms with Crippen LogP contribution in [0.2, 0.25) is 0 Å². The quantitative estimate of drug-likeness (QED) is 0.336. The Morgan fingerprint density at radius 3 is 2.85 bits per heavy atom. The van der Waals surface area contributed by atoms with Gasteiger partial charge in [-0.1, -0.05) is 24.1 Å². The molecule has 1 unspecified atom stereocenters. The normalized spacial score (nSPS) is 19.8. The van der Waals surface area contributed by atoms with Gasteiger partial charge in [-0.05, 0) is 31.2 Å². The lowest BCUT2D eigenvalue weighted by atomic mass is 9.83. The van der Waals surface area contributed by atoms with Gasteiger partial charge in [0.05, 0.1) is 0 Å². The van der Waals surface area contributed by atoms with E-state index in [9.17, 15) is 4.79 Å². The van der Waals surface area contributed by atoms with Crippen LogP contribution in [0, 0.1) is 5.41 Å². The summed E-state index contributed by atoms with van der Waals surface area (Å²) >= 11 is 1.68. The van der Waals surface area contributed by atoms with E-state index >= 15 is 0 Å². The average Bonchev–Trinajstić information content (AvgIpc) is 3.08. The molecule has 0 aromatic carbocycles. The number of rotatable bonds is 5. The molecule has 1 atom stereocenters. The van der Waals surface area contributed by atoms with Gasteiger partial charge >= 0.3 is 0 Å². The lowest BCUT2D eigenvalue weighted by Crippen LogP contribution is -2.50. The van der Waals surface area contributed by atoms with Crippen molar-refractivity contribution >= 4 is 23.1 Å². The van der Waals surface area contributed by atoms with Crippen LogP contribution in [0.25, 0.3) is 0 Å². The van der Waals surface area contributed by atoms with Crippen molar-refractivity contribution in [2.75, 3.05) is 0 Å². The molecule has 1 aliphatic rings. The fraction of sp³-hybridized carbons (Fsp3) is 0.571. The van der Waals surface area contributed by atoms with Gasteiger partial charge in [0.2, 0.25) is 5.91 Å². The Morgan fingerprint density at radius 2 is 2.30 bits per heavy atom. The summed E-state index contributed by atoms with van der Waals surface area (Å²) in [5, 5.41) is 17.1. The molecule has 1 fully saturated rings. The van der Waals surface area contributed by atoms with Crippen molar-refractivity contribution in [1.29, 1.82) is 0 Å². The molecule has 20 heavy (non-hydrogen) atoms. The number of amides is 1. The monoisotopic (exact) mass is 295 g/mol. The molecular weight excluding hydrogens is 274 g/mol. The Balaban J connectivity index is 2.02. The molecule has 2 rings (SSSR count). The van der Waals surface area contributed by atoms with Gasteiger partial charge in [-0.15, -0.1) is 11.3 Å². The molecular formula is C14H21N3O2S. The molecule has 0 bridgehead atoms. The zero-order valence-electron chi connectivity index (χ0n) is 11.6. The Hall–Kier alpha value is -1.56. The summed E-state index contributed by atoms with van der Waals surface area (Å²) < 4.78 is 0. The van der Waals surface area contributed by atoms with Gasteiger partial charge in [0.15, 0.2) is 5.84 Å². The first-order valence-electron chi connectivity index (χ1n) is 6.90. The minimum atomic E-state index is -0.821. The number of hydrogen-bond acceptors (Lipinski definition) is 4. The highest BCUT2D eigenvalue weighted by atomic mass is 32.1. The third kappa shape index (κ3) is 2.95. The SMILES string of the molecule is CC(Cc1cccs1)NC(=O)C1(C(N)=NO)CCCC1. The molecule has 1 saturated carbocycles. The molecule has 0 radical (unpaired) electrons. The van der Waals surface area contributed by atoms with E-state index in [1.165, 1.54) is 4.88 Å². The maximum atomic E-state index is 12.5. The van der Waals surface area contributed by atoms with E-state index in [4.69, 9.17) is 10.9 Å². The Kier molecular flexibility index (Phi) is 4.65. The molecule has 1 aromatic rings. The largest absolute Gasteiger partial charge is 0.409 e. The molecule has 0 aliphatic heterocycles. The van der Waals surface area contributed by atoms with Crippen LogP contribution in [-0.4, -0.2) is 23.0 Å². The predicted octanol–water partition coefficient (Wildman–Crippen LogP) is 2.10. The van der Waals surface area contributed by atoms with Crippen molar-refractivity contribution in [3.63, 3.8) is 0 Å². The fourth-order valence-electron chi connectivity index (χ4n) is 2.82. The number of nitrogens with two attached hydrogens (primary N) is 1. The highest BCUT2D eigenvalue weighted by molar-refractivity contribution is 7.09. The molecule has 110 valence electrons. The van der Waals surface area contributed by atoms with Gasteiger partial charge in [0, 0.05) is 17.3 Å². The summed E-state index contributed by atoms with van der Waals surface area (Å²) in [7, 11) is 0. The molecule has 1 amide bonds. The van der Waals surface area contributed by atoms with Crippen LogP contribution < -0.4 is 11.1 Å². The van der Waals surface area contributed by atoms with Crippen molar-refractivity contribution in [3.05, 3.63) is 22.4 Å². The van der Waals surface area contributed by atoms with Crippen molar-refractivity contribution in [2.24, 2.45) is 16.3 Å². The zero-order chi connectivity index (χ0) is 14.6. The average molecular weight is 295 g/mol. The van der Waals surface area contributed by atoms with Crippen molar-refractivity contribution in [2.45, 2.75) is 45.1 Å². The highest BCUT2D eigenvalue weighted by Crippen LogP contribution is 2.38. The van der Waals surface area contributed by atoms with Crippen molar-refractivity contribution in [1.82, 2.24) is 5.32 Å². The summed E-state index contributed by atoms with van der Waals surface area (Å²) in [5.74, 6) is -0.0785. The number of thiophene rings is 1. The second-order valence-electron chi connectivity index (χ2n) is 5.43. The number of oxime groups is 1. The standard InChI is InChI=1S/C14H21N3O2S/c1-10(9-11-5-4-8-20-11)16-13(18)14(12(15)17-19)6-2-3-7-14/h4-5,8,10,19H,2-3,6-7,9H2,1H3,(H2,15,17)(H,16,18). The van der Waals surface area contributed by atoms with E-state index in [0.717, 1.165) is 19.3 Å². The molecule has 5 nitrogen and oxygen atoms in total. The van der Waals surface area contributed by atoms with E-state index in [2.05, 4.69) is 16.5 Å². The van der Waals surface area contributed by atoms with E-state index < -0.39 is 5.41 Å². The van der Waals surface area contributed by atoms with Crippen LogP contribution in [0.15, 0.2) is 22.7 Å². The van der Waals surface area contributed by atoms with Gasteiger partial charge < -0.3 is 16.3 Å². The number of amidine groups is 1. The second kappa shape index (κ2) is 6.26. The van der Waals surface area contributed by atoms with Crippen LogP contribution in [0.4, 0.5) is 0 Å². The molecule has 0 saturated heterocycles. The van der Waals surface area contributed by atoms with Crippen LogP contribution in [0.1, 0.15) is 37.5 Å². The first-order chi connectivity index (χ1) is 9.58. The highest BCUT2D eigenvalue weighted by Gasteiger charge is 2.45. The summed E-state index contributed by atoms with van der Waals surface area (Å²) in [6.07, 6.45) is 3.97. The molecule has 4 N–H and O–H groups in total. The van der Waals surface area contributed by atoms with Crippen LogP contribution >= 0.6 is 11.3 Å². The molecule has 1 aliphatic carbocycles. The Bertz CT molecular complexity index is 479. The maximum Gasteiger partial charge on any atom is 0.234 e. The Morgan fingerprint density at radius 1 is 1.60 bits per heavy atom. The van der Waals surface area contributed by atoms with Crippen LogP contribution in [0.3, 0.4) is 0 Å². The van der Waals surface area contributed by atoms with Crippen LogP contribution in [-0.2, 0) is 11.2 Å². The summed E-state index contributed by atoms with van der Waals surface area (Å²) in [5.41, 5.74) is 4.95. The summed E-state index contributed by atoms with van der Waals surface area (Å²) in [6, 6.07) is 4.09. The van der Waals surface area contributed by atoms with E-state index in [0.29, 0.717) is 12.8 Å². The van der Waals surface area contributed by atoms with Gasteiger partial charge in [0.1, 0.15) is 5.41 Å². The lowest BCUT2D eigenvalue weighted by molar-refractivity contribution is -0.128. The van der Waals surface area contributed by atoms with Crippen LogP contribution in [0.5, 0.6) is 0 Å². The molecule has 1 aromatic heterocycles. The maximum absolute atomic E-state index is 12.5. The predicted molar refractivity (Wildman–Crippen MR) is 79.9 cm³/mol. The van der Waals surface area contributed by atoms with Gasteiger partial charge in [-0.2, -0.15) is 0 Å². The molecule has 1 heterocycles. The van der Waals surface area contributed by atoms with Crippen molar-refractivity contribution < 1.29 is 10.0 Å². The zero-order valence-corrected chi connectivity index (χ0v) is 12.4. The number of carbonyl (C=O) groups excluding carboxylic acids is 1. The topological polar surface area (TPSA) is 87.7 Å². The number of nitrogens with one attached hydrogen (secondary N) is 1. The Labute approximate surface area is 122 Å². The number of nitrogens with zero attached hydrogens (tertiary/aromatic N) is 1. The third-order valence-electron chi connectivity index (χ3n) is 3.95. The lowest BCUT2D eigenvalue weighted by Gasteiger charge is -2.28.